The molecule has 1 atom stereocenters. The van der Waals surface area contributed by atoms with Gasteiger partial charge in [-0.25, -0.2) is 0 Å². The molecule has 1 aliphatic heterocycles. The lowest BCUT2D eigenvalue weighted by molar-refractivity contribution is -0.127. The van der Waals surface area contributed by atoms with Gasteiger partial charge in [-0.3, -0.25) is 5.32 Å². The molecule has 0 saturated carbocycles. The molecule has 1 unspecified atom stereocenters. The summed E-state index contributed by atoms with van der Waals surface area (Å²) >= 11 is 0. The molecule has 0 aromatic heterocycles. The van der Waals surface area contributed by atoms with Crippen molar-refractivity contribution in [2.75, 3.05) is 13.3 Å². The van der Waals surface area contributed by atoms with Gasteiger partial charge in [-0.2, -0.15) is 18.4 Å². The van der Waals surface area contributed by atoms with E-state index in [0.717, 1.165) is 5.56 Å². The third-order valence-corrected chi connectivity index (χ3v) is 3.28. The number of rotatable bonds is 5. The lowest BCUT2D eigenvalue weighted by atomic mass is 9.94. The van der Waals surface area contributed by atoms with E-state index in [2.05, 4.69) is 5.32 Å². The van der Waals surface area contributed by atoms with Crippen molar-refractivity contribution in [1.82, 2.24) is 5.32 Å². The Bertz CT molecular complexity index is 554. The topological polar surface area (TPSA) is 54.3 Å². The van der Waals surface area contributed by atoms with Crippen LogP contribution in [-0.4, -0.2) is 25.1 Å². The number of nitriles is 1. The van der Waals surface area contributed by atoms with Gasteiger partial charge < -0.3 is 9.47 Å². The molecular weight excluding hydrogens is 285 g/mol. The van der Waals surface area contributed by atoms with E-state index in [1.165, 1.54) is 6.92 Å². The maximum atomic E-state index is 12.2. The molecule has 0 bridgehead atoms. The van der Waals surface area contributed by atoms with Crippen molar-refractivity contribution in [2.24, 2.45) is 0 Å². The highest BCUT2D eigenvalue weighted by molar-refractivity contribution is 5.44. The van der Waals surface area contributed by atoms with Crippen molar-refractivity contribution >= 4 is 0 Å². The van der Waals surface area contributed by atoms with Gasteiger partial charge in [0.05, 0.1) is 12.6 Å². The van der Waals surface area contributed by atoms with Crippen LogP contribution in [0.5, 0.6) is 11.5 Å². The van der Waals surface area contributed by atoms with E-state index in [-0.39, 0.29) is 13.2 Å². The van der Waals surface area contributed by atoms with Crippen LogP contribution in [0.2, 0.25) is 0 Å². The van der Waals surface area contributed by atoms with Crippen molar-refractivity contribution in [3.05, 3.63) is 23.8 Å². The highest BCUT2D eigenvalue weighted by atomic mass is 19.4. The second kappa shape index (κ2) is 5.82. The zero-order valence-electron chi connectivity index (χ0n) is 11.5. The summed E-state index contributed by atoms with van der Waals surface area (Å²) in [7, 11) is 0. The van der Waals surface area contributed by atoms with Crippen LogP contribution >= 0.6 is 0 Å². The van der Waals surface area contributed by atoms with Crippen LogP contribution in [0, 0.1) is 11.3 Å². The molecule has 0 aliphatic carbocycles. The first-order valence-corrected chi connectivity index (χ1v) is 6.43. The van der Waals surface area contributed by atoms with Crippen LogP contribution in [0.4, 0.5) is 13.2 Å². The summed E-state index contributed by atoms with van der Waals surface area (Å²) in [5, 5.41) is 11.4. The Hall–Kier alpha value is -1.94. The Balaban J connectivity index is 1.95. The van der Waals surface area contributed by atoms with Gasteiger partial charge in [0.2, 0.25) is 6.79 Å². The lowest BCUT2D eigenvalue weighted by Gasteiger charge is -2.24. The second-order valence-electron chi connectivity index (χ2n) is 5.10. The molecule has 1 aliphatic rings. The number of nitrogens with zero attached hydrogens (tertiary/aromatic N) is 1. The number of benzene rings is 1. The summed E-state index contributed by atoms with van der Waals surface area (Å²) in [6.07, 6.45) is -3.61. The predicted octanol–water partition coefficient (Wildman–Crippen LogP) is 2.78. The molecule has 0 radical (unpaired) electrons. The largest absolute Gasteiger partial charge is 0.454 e. The minimum atomic E-state index is -4.34. The van der Waals surface area contributed by atoms with Crippen LogP contribution in [0.25, 0.3) is 0 Å². The van der Waals surface area contributed by atoms with Gasteiger partial charge >= 0.3 is 6.18 Å². The summed E-state index contributed by atoms with van der Waals surface area (Å²) in [5.41, 5.74) is -0.346. The summed E-state index contributed by atoms with van der Waals surface area (Å²) in [6, 6.07) is 7.26. The van der Waals surface area contributed by atoms with Crippen LogP contribution in [0.15, 0.2) is 18.2 Å². The first-order valence-electron chi connectivity index (χ1n) is 6.43. The Morgan fingerprint density at radius 3 is 2.67 bits per heavy atom. The maximum Gasteiger partial charge on any atom is 0.401 e. The number of ether oxygens (including phenoxy) is 2. The van der Waals surface area contributed by atoms with Crippen molar-refractivity contribution in [3.63, 3.8) is 0 Å². The Morgan fingerprint density at radius 2 is 2.00 bits per heavy atom. The van der Waals surface area contributed by atoms with E-state index in [1.807, 2.05) is 12.1 Å². The normalized spacial score (nSPS) is 16.3. The smallest absolute Gasteiger partial charge is 0.401 e. The van der Waals surface area contributed by atoms with Gasteiger partial charge in [0.15, 0.2) is 11.5 Å². The molecule has 7 heteroatoms. The highest BCUT2D eigenvalue weighted by Crippen LogP contribution is 2.33. The highest BCUT2D eigenvalue weighted by Gasteiger charge is 2.32. The molecule has 1 aromatic carbocycles. The van der Waals surface area contributed by atoms with E-state index in [4.69, 9.17) is 14.7 Å². The third-order valence-electron chi connectivity index (χ3n) is 3.28. The summed E-state index contributed by atoms with van der Waals surface area (Å²) in [5.74, 6) is 1.27. The zero-order chi connectivity index (χ0) is 15.5. The summed E-state index contributed by atoms with van der Waals surface area (Å²) in [6.45, 7) is 0.450. The number of halogens is 3. The summed E-state index contributed by atoms with van der Waals surface area (Å²) in [4.78, 5) is 0. The molecule has 1 aromatic rings. The van der Waals surface area contributed by atoms with Crippen LogP contribution in [0.1, 0.15) is 18.9 Å². The van der Waals surface area contributed by atoms with E-state index < -0.39 is 18.3 Å². The van der Waals surface area contributed by atoms with Gasteiger partial charge in [-0.15, -0.1) is 0 Å². The van der Waals surface area contributed by atoms with Gasteiger partial charge in [-0.1, -0.05) is 6.07 Å². The Kier molecular flexibility index (Phi) is 4.28. The number of nitrogens with one attached hydrogen (secondary N) is 1. The second-order valence-corrected chi connectivity index (χ2v) is 5.10. The lowest BCUT2D eigenvalue weighted by Crippen LogP contribution is -2.46. The number of hydrogen-bond acceptors (Lipinski definition) is 4. The van der Waals surface area contributed by atoms with E-state index in [9.17, 15) is 13.2 Å². The summed E-state index contributed by atoms with van der Waals surface area (Å²) < 4.78 is 47.1. The molecule has 2 rings (SSSR count). The van der Waals surface area contributed by atoms with Crippen molar-refractivity contribution in [1.29, 1.82) is 5.26 Å². The third kappa shape index (κ3) is 4.26. The van der Waals surface area contributed by atoms with E-state index in [0.29, 0.717) is 17.9 Å². The zero-order valence-corrected chi connectivity index (χ0v) is 11.5. The van der Waals surface area contributed by atoms with Crippen molar-refractivity contribution < 1.29 is 22.6 Å². The van der Waals surface area contributed by atoms with Gasteiger partial charge in [0, 0.05) is 0 Å². The predicted molar refractivity (Wildman–Crippen MR) is 69.0 cm³/mol. The fraction of sp³-hybridized carbons (Fsp3) is 0.500. The molecular formula is C14H15F3N2O2. The average molecular weight is 300 g/mol. The standard InChI is InChI=1S/C14H15F3N2O2/c1-13(7-18,19-8-14(15,16)17)5-4-10-2-3-11-12(6-10)21-9-20-11/h2-3,6,19H,4-5,8-9H2,1H3. The first kappa shape index (κ1) is 15.4. The molecule has 114 valence electrons. The number of alkyl halides is 3. The quantitative estimate of drug-likeness (QED) is 0.908. The molecule has 1 N–H and O–H groups in total. The number of fused-ring (bicyclic) bond motifs is 1. The minimum absolute atomic E-state index is 0.168. The van der Waals surface area contributed by atoms with Crippen LogP contribution < -0.4 is 14.8 Å². The minimum Gasteiger partial charge on any atom is -0.454 e. The fourth-order valence-electron chi connectivity index (χ4n) is 1.97. The molecule has 1 heterocycles. The first-order chi connectivity index (χ1) is 9.81. The van der Waals surface area contributed by atoms with E-state index >= 15 is 0 Å². The molecule has 21 heavy (non-hydrogen) atoms. The van der Waals surface area contributed by atoms with Crippen molar-refractivity contribution in [3.8, 4) is 17.6 Å². The van der Waals surface area contributed by atoms with Crippen LogP contribution in [-0.2, 0) is 6.42 Å². The fourth-order valence-corrected chi connectivity index (χ4v) is 1.97. The van der Waals surface area contributed by atoms with Gasteiger partial charge in [0.25, 0.3) is 0 Å². The molecule has 0 amide bonds. The molecule has 0 spiro atoms. The average Bonchev–Trinajstić information content (AvgIpc) is 2.90. The molecule has 0 fully saturated rings. The van der Waals surface area contributed by atoms with E-state index in [1.54, 1.807) is 12.1 Å². The van der Waals surface area contributed by atoms with Gasteiger partial charge in [-0.05, 0) is 37.5 Å². The SMILES string of the molecule is CC(C#N)(CCc1ccc2c(c1)OCO2)NCC(F)(F)F. The molecule has 4 nitrogen and oxygen atoms in total. The number of hydrogen-bond donors (Lipinski definition) is 1. The Labute approximate surface area is 120 Å². The maximum absolute atomic E-state index is 12.2. The molecule has 0 saturated heterocycles. The monoisotopic (exact) mass is 300 g/mol. The van der Waals surface area contributed by atoms with Crippen molar-refractivity contribution in [2.45, 2.75) is 31.5 Å². The number of aryl methyl sites for hydroxylation is 1. The van der Waals surface area contributed by atoms with Crippen LogP contribution in [0.3, 0.4) is 0 Å². The van der Waals surface area contributed by atoms with Gasteiger partial charge in [0.1, 0.15) is 5.54 Å². The Morgan fingerprint density at radius 1 is 1.29 bits per heavy atom.